The van der Waals surface area contributed by atoms with Crippen LogP contribution < -0.4 is 5.32 Å². The minimum absolute atomic E-state index is 0.109. The largest absolute Gasteiger partial charge is 0.507 e. The second-order valence-corrected chi connectivity index (χ2v) is 4.95. The van der Waals surface area contributed by atoms with Gasteiger partial charge in [0.1, 0.15) is 22.9 Å². The molecule has 3 aromatic rings. The number of hydrogen-bond donors (Lipinski definition) is 2. The van der Waals surface area contributed by atoms with E-state index in [0.29, 0.717) is 17.9 Å². The Labute approximate surface area is 135 Å². The van der Waals surface area contributed by atoms with Crippen LogP contribution in [0.2, 0.25) is 0 Å². The molecule has 0 radical (unpaired) electrons. The molecule has 0 fully saturated rings. The molecule has 7 heteroatoms. The maximum Gasteiger partial charge on any atom is 0.258 e. The molecule has 0 bridgehead atoms. The van der Waals surface area contributed by atoms with E-state index < -0.39 is 28.9 Å². The monoisotopic (exact) mass is 330 g/mol. The lowest BCUT2D eigenvalue weighted by Gasteiger charge is -2.06. The number of oxazole rings is 1. The summed E-state index contributed by atoms with van der Waals surface area (Å²) in [5, 5.41) is 11.9. The minimum atomic E-state index is -1.15. The van der Waals surface area contributed by atoms with Gasteiger partial charge in [0.2, 0.25) is 5.89 Å². The highest BCUT2D eigenvalue weighted by Gasteiger charge is 2.19. The van der Waals surface area contributed by atoms with E-state index in [1.807, 2.05) is 30.3 Å². The number of rotatable bonds is 4. The van der Waals surface area contributed by atoms with Gasteiger partial charge in [0.25, 0.3) is 5.91 Å². The minimum Gasteiger partial charge on any atom is -0.507 e. The van der Waals surface area contributed by atoms with Crippen LogP contribution >= 0.6 is 0 Å². The summed E-state index contributed by atoms with van der Waals surface area (Å²) in [5.74, 6) is -3.06. The van der Waals surface area contributed by atoms with Gasteiger partial charge in [0.05, 0.1) is 12.7 Å². The first kappa shape index (κ1) is 15.7. The standard InChI is InChI=1S/C17H12F2N2O3/c18-11-6-12(19)16(13(22)7-11)17(23)21-9-15-20-8-14(24-15)10-4-2-1-3-5-10/h1-8,22H,9H2,(H,21,23). The maximum absolute atomic E-state index is 13.6. The zero-order chi connectivity index (χ0) is 17.1. The summed E-state index contributed by atoms with van der Waals surface area (Å²) in [6.07, 6.45) is 1.51. The summed E-state index contributed by atoms with van der Waals surface area (Å²) in [5.41, 5.74) is 0.191. The van der Waals surface area contributed by atoms with E-state index in [-0.39, 0.29) is 12.4 Å². The highest BCUT2D eigenvalue weighted by atomic mass is 19.1. The van der Waals surface area contributed by atoms with Gasteiger partial charge >= 0.3 is 0 Å². The molecule has 2 N–H and O–H groups in total. The van der Waals surface area contributed by atoms with Crippen molar-refractivity contribution in [1.29, 1.82) is 0 Å². The molecule has 0 saturated heterocycles. The molecule has 2 aromatic carbocycles. The van der Waals surface area contributed by atoms with E-state index in [4.69, 9.17) is 4.42 Å². The van der Waals surface area contributed by atoms with Gasteiger partial charge in [-0.05, 0) is 0 Å². The van der Waals surface area contributed by atoms with Crippen LogP contribution in [0.4, 0.5) is 8.78 Å². The Morgan fingerprint density at radius 3 is 2.67 bits per heavy atom. The molecule has 1 amide bonds. The normalized spacial score (nSPS) is 10.6. The van der Waals surface area contributed by atoms with Crippen molar-refractivity contribution in [2.75, 3.05) is 0 Å². The Hall–Kier alpha value is -3.22. The van der Waals surface area contributed by atoms with E-state index in [1.54, 1.807) is 0 Å². The molecule has 1 heterocycles. The molecular formula is C17H12F2N2O3. The molecule has 0 unspecified atom stereocenters. The molecule has 0 aliphatic rings. The molecule has 24 heavy (non-hydrogen) atoms. The quantitative estimate of drug-likeness (QED) is 0.770. The van der Waals surface area contributed by atoms with Crippen LogP contribution in [0.15, 0.2) is 53.1 Å². The van der Waals surface area contributed by atoms with Crippen LogP contribution in [0.25, 0.3) is 11.3 Å². The molecule has 5 nitrogen and oxygen atoms in total. The smallest absolute Gasteiger partial charge is 0.258 e. The SMILES string of the molecule is O=C(NCc1ncc(-c2ccccc2)o1)c1c(O)cc(F)cc1F. The van der Waals surface area contributed by atoms with Crippen LogP contribution in [-0.4, -0.2) is 16.0 Å². The summed E-state index contributed by atoms with van der Waals surface area (Å²) in [7, 11) is 0. The van der Waals surface area contributed by atoms with Gasteiger partial charge in [-0.15, -0.1) is 0 Å². The number of phenols is 1. The van der Waals surface area contributed by atoms with Crippen molar-refractivity contribution in [2.24, 2.45) is 0 Å². The van der Waals surface area contributed by atoms with E-state index in [0.717, 1.165) is 5.56 Å². The lowest BCUT2D eigenvalue weighted by atomic mass is 10.1. The van der Waals surface area contributed by atoms with Gasteiger partial charge < -0.3 is 14.8 Å². The van der Waals surface area contributed by atoms with Gasteiger partial charge in [-0.25, -0.2) is 13.8 Å². The van der Waals surface area contributed by atoms with Crippen LogP contribution in [-0.2, 0) is 6.54 Å². The summed E-state index contributed by atoms with van der Waals surface area (Å²) in [4.78, 5) is 16.0. The lowest BCUT2D eigenvalue weighted by Crippen LogP contribution is -2.24. The average molecular weight is 330 g/mol. The third-order valence-electron chi connectivity index (χ3n) is 3.27. The second-order valence-electron chi connectivity index (χ2n) is 4.95. The fraction of sp³-hybridized carbons (Fsp3) is 0.0588. The van der Waals surface area contributed by atoms with Gasteiger partial charge in [-0.1, -0.05) is 30.3 Å². The Balaban J connectivity index is 1.71. The number of benzene rings is 2. The van der Waals surface area contributed by atoms with Crippen molar-refractivity contribution in [3.8, 4) is 17.1 Å². The number of nitrogens with zero attached hydrogens (tertiary/aromatic N) is 1. The Morgan fingerprint density at radius 2 is 1.96 bits per heavy atom. The number of amides is 1. The Kier molecular flexibility index (Phi) is 4.24. The number of nitrogens with one attached hydrogen (secondary N) is 1. The van der Waals surface area contributed by atoms with Crippen LogP contribution in [0.3, 0.4) is 0 Å². The third-order valence-corrected chi connectivity index (χ3v) is 3.27. The molecule has 0 aliphatic carbocycles. The number of aromatic nitrogens is 1. The van der Waals surface area contributed by atoms with Crippen molar-refractivity contribution in [2.45, 2.75) is 6.54 Å². The van der Waals surface area contributed by atoms with Crippen LogP contribution in [0, 0.1) is 11.6 Å². The van der Waals surface area contributed by atoms with Crippen molar-refractivity contribution >= 4 is 5.91 Å². The highest BCUT2D eigenvalue weighted by molar-refractivity contribution is 5.97. The van der Waals surface area contributed by atoms with Gasteiger partial charge in [0.15, 0.2) is 5.76 Å². The van der Waals surface area contributed by atoms with Crippen molar-refractivity contribution in [3.05, 3.63) is 71.8 Å². The van der Waals surface area contributed by atoms with Crippen molar-refractivity contribution in [3.63, 3.8) is 0 Å². The first-order chi connectivity index (χ1) is 11.5. The third kappa shape index (κ3) is 3.24. The predicted octanol–water partition coefficient (Wildman–Crippen LogP) is 3.26. The summed E-state index contributed by atoms with van der Waals surface area (Å²) in [6, 6.07) is 10.4. The molecule has 0 aliphatic heterocycles. The van der Waals surface area contributed by atoms with Crippen LogP contribution in [0.1, 0.15) is 16.2 Å². The number of halogens is 2. The fourth-order valence-corrected chi connectivity index (χ4v) is 2.16. The Bertz CT molecular complexity index is 856. The lowest BCUT2D eigenvalue weighted by molar-refractivity contribution is 0.0940. The zero-order valence-electron chi connectivity index (χ0n) is 12.3. The average Bonchev–Trinajstić information content (AvgIpc) is 3.02. The molecule has 1 aromatic heterocycles. The van der Waals surface area contributed by atoms with E-state index in [2.05, 4.69) is 10.3 Å². The van der Waals surface area contributed by atoms with Crippen molar-refractivity contribution in [1.82, 2.24) is 10.3 Å². The molecule has 3 rings (SSSR count). The maximum atomic E-state index is 13.6. The number of aromatic hydroxyl groups is 1. The molecule has 0 saturated carbocycles. The fourth-order valence-electron chi connectivity index (χ4n) is 2.16. The predicted molar refractivity (Wildman–Crippen MR) is 81.1 cm³/mol. The van der Waals surface area contributed by atoms with Gasteiger partial charge in [-0.2, -0.15) is 0 Å². The van der Waals surface area contributed by atoms with Gasteiger partial charge in [0, 0.05) is 17.7 Å². The molecule has 122 valence electrons. The van der Waals surface area contributed by atoms with Crippen LogP contribution in [0.5, 0.6) is 5.75 Å². The van der Waals surface area contributed by atoms with E-state index in [1.165, 1.54) is 6.20 Å². The first-order valence-electron chi connectivity index (χ1n) is 7.01. The van der Waals surface area contributed by atoms with Crippen molar-refractivity contribution < 1.29 is 23.1 Å². The zero-order valence-corrected chi connectivity index (χ0v) is 12.3. The first-order valence-corrected chi connectivity index (χ1v) is 7.01. The topological polar surface area (TPSA) is 75.4 Å². The van der Waals surface area contributed by atoms with Gasteiger partial charge in [-0.3, -0.25) is 4.79 Å². The molecular weight excluding hydrogens is 318 g/mol. The number of carbonyl (C=O) groups excluding carboxylic acids is 1. The number of hydrogen-bond acceptors (Lipinski definition) is 4. The van der Waals surface area contributed by atoms with E-state index in [9.17, 15) is 18.7 Å². The molecule has 0 atom stereocenters. The second kappa shape index (κ2) is 6.49. The molecule has 0 spiro atoms. The summed E-state index contributed by atoms with van der Waals surface area (Å²) < 4.78 is 32.0. The highest BCUT2D eigenvalue weighted by Crippen LogP contribution is 2.22. The number of phenolic OH excluding ortho intramolecular Hbond substituents is 1. The number of carbonyl (C=O) groups is 1. The Morgan fingerprint density at radius 1 is 1.21 bits per heavy atom. The van der Waals surface area contributed by atoms with E-state index >= 15 is 0 Å². The summed E-state index contributed by atoms with van der Waals surface area (Å²) >= 11 is 0. The summed E-state index contributed by atoms with van der Waals surface area (Å²) in [6.45, 7) is -0.109.